The molecule has 0 saturated heterocycles. The van der Waals surface area contributed by atoms with Gasteiger partial charge >= 0.3 is 0 Å². The van der Waals surface area contributed by atoms with Gasteiger partial charge in [0.15, 0.2) is 0 Å². The highest BCUT2D eigenvalue weighted by Crippen LogP contribution is 2.33. The van der Waals surface area contributed by atoms with Crippen molar-refractivity contribution in [1.82, 2.24) is 0 Å². The molecule has 88 valence electrons. The van der Waals surface area contributed by atoms with E-state index in [9.17, 15) is 4.79 Å². The van der Waals surface area contributed by atoms with Gasteiger partial charge in [-0.25, -0.2) is 0 Å². The van der Waals surface area contributed by atoms with Gasteiger partial charge in [0.2, 0.25) is 0 Å². The van der Waals surface area contributed by atoms with Gasteiger partial charge in [-0.05, 0) is 32.1 Å². The average Bonchev–Trinajstić information content (AvgIpc) is 2.14. The van der Waals surface area contributed by atoms with Crippen molar-refractivity contribution in [2.24, 2.45) is 11.8 Å². The van der Waals surface area contributed by atoms with Crippen molar-refractivity contribution in [3.63, 3.8) is 0 Å². The largest absolute Gasteiger partial charge is 0.378 e. The monoisotopic (exact) mass is 212 g/mol. The van der Waals surface area contributed by atoms with Crippen LogP contribution < -0.4 is 0 Å². The Bertz CT molecular complexity index is 195. The van der Waals surface area contributed by atoms with Crippen molar-refractivity contribution >= 4 is 5.78 Å². The van der Waals surface area contributed by atoms with Crippen LogP contribution in [-0.4, -0.2) is 18.5 Å². The molecule has 0 spiro atoms. The Balaban J connectivity index is 2.13. The summed E-state index contributed by atoms with van der Waals surface area (Å²) in [4.78, 5) is 11.8. The summed E-state index contributed by atoms with van der Waals surface area (Å²) in [5.74, 6) is 1.33. The summed E-state index contributed by atoms with van der Waals surface area (Å²) in [6.07, 6.45) is 5.57. The fourth-order valence-corrected chi connectivity index (χ4v) is 2.29. The molecule has 1 saturated carbocycles. The van der Waals surface area contributed by atoms with Crippen molar-refractivity contribution < 1.29 is 9.53 Å². The Morgan fingerprint density at radius 2 is 2.07 bits per heavy atom. The molecule has 0 radical (unpaired) electrons. The van der Waals surface area contributed by atoms with Crippen LogP contribution in [0.4, 0.5) is 0 Å². The van der Waals surface area contributed by atoms with Crippen LogP contribution in [0.25, 0.3) is 0 Å². The third-order valence-electron chi connectivity index (χ3n) is 3.36. The molecule has 0 bridgehead atoms. The van der Waals surface area contributed by atoms with Gasteiger partial charge in [0.25, 0.3) is 0 Å². The fourth-order valence-electron chi connectivity index (χ4n) is 2.29. The van der Waals surface area contributed by atoms with Gasteiger partial charge in [-0.1, -0.05) is 20.3 Å². The van der Waals surface area contributed by atoms with E-state index >= 15 is 0 Å². The zero-order chi connectivity index (χ0) is 11.3. The quantitative estimate of drug-likeness (QED) is 0.648. The number of carbonyl (C=O) groups excluding carboxylic acids is 1. The zero-order valence-electron chi connectivity index (χ0n) is 10.3. The van der Waals surface area contributed by atoms with E-state index in [4.69, 9.17) is 4.74 Å². The van der Waals surface area contributed by atoms with Crippen LogP contribution in [0, 0.1) is 11.8 Å². The average molecular weight is 212 g/mol. The number of carbonyl (C=O) groups is 1. The second kappa shape index (κ2) is 6.26. The van der Waals surface area contributed by atoms with E-state index in [1.165, 1.54) is 0 Å². The lowest BCUT2D eigenvalue weighted by atomic mass is 9.77. The Morgan fingerprint density at radius 1 is 1.40 bits per heavy atom. The minimum absolute atomic E-state index is 0.265. The van der Waals surface area contributed by atoms with Crippen LogP contribution >= 0.6 is 0 Å². The molecular weight excluding hydrogens is 188 g/mol. The van der Waals surface area contributed by atoms with Gasteiger partial charge in [-0.2, -0.15) is 0 Å². The highest BCUT2D eigenvalue weighted by atomic mass is 16.5. The van der Waals surface area contributed by atoms with E-state index < -0.39 is 0 Å². The molecule has 0 amide bonds. The maximum absolute atomic E-state index is 11.8. The first-order valence-corrected chi connectivity index (χ1v) is 6.31. The van der Waals surface area contributed by atoms with Gasteiger partial charge in [0.05, 0.1) is 6.10 Å². The predicted molar refractivity (Wildman–Crippen MR) is 61.8 cm³/mol. The third kappa shape index (κ3) is 3.94. The molecular formula is C13H24O2. The van der Waals surface area contributed by atoms with E-state index in [2.05, 4.69) is 13.8 Å². The molecule has 1 atom stereocenters. The van der Waals surface area contributed by atoms with E-state index in [0.29, 0.717) is 17.8 Å². The summed E-state index contributed by atoms with van der Waals surface area (Å²) in [6, 6.07) is 0. The van der Waals surface area contributed by atoms with E-state index in [1.807, 2.05) is 6.92 Å². The molecule has 2 nitrogen and oxygen atoms in total. The maximum Gasteiger partial charge on any atom is 0.135 e. The Morgan fingerprint density at radius 3 is 2.60 bits per heavy atom. The molecule has 15 heavy (non-hydrogen) atoms. The third-order valence-corrected chi connectivity index (χ3v) is 3.36. The molecule has 0 aromatic rings. The lowest BCUT2D eigenvalue weighted by Crippen LogP contribution is -2.33. The molecule has 2 heteroatoms. The first kappa shape index (κ1) is 12.7. The molecule has 0 heterocycles. The first-order valence-electron chi connectivity index (χ1n) is 6.31. The van der Waals surface area contributed by atoms with Gasteiger partial charge in [-0.3, -0.25) is 4.79 Å². The normalized spacial score (nSPS) is 27.1. The van der Waals surface area contributed by atoms with Gasteiger partial charge < -0.3 is 4.74 Å². The predicted octanol–water partition coefficient (Wildman–Crippen LogP) is 3.20. The summed E-state index contributed by atoms with van der Waals surface area (Å²) in [6.45, 7) is 7.03. The lowest BCUT2D eigenvalue weighted by molar-refractivity contribution is -0.125. The maximum atomic E-state index is 11.8. The zero-order valence-corrected chi connectivity index (χ0v) is 10.3. The van der Waals surface area contributed by atoms with Gasteiger partial charge in [0.1, 0.15) is 5.78 Å². The number of ketones is 1. The van der Waals surface area contributed by atoms with Crippen molar-refractivity contribution in [1.29, 1.82) is 0 Å². The Kier molecular flexibility index (Phi) is 5.30. The number of hydrogen-bond acceptors (Lipinski definition) is 2. The number of hydrogen-bond donors (Lipinski definition) is 0. The molecule has 1 unspecified atom stereocenters. The topological polar surface area (TPSA) is 26.3 Å². The summed E-state index contributed by atoms with van der Waals surface area (Å²) < 4.78 is 5.49. The van der Waals surface area contributed by atoms with Crippen LogP contribution in [0.5, 0.6) is 0 Å². The lowest BCUT2D eigenvalue weighted by Gasteiger charge is -2.35. The van der Waals surface area contributed by atoms with Gasteiger partial charge in [-0.15, -0.1) is 0 Å². The molecule has 1 aliphatic rings. The second-order valence-electron chi connectivity index (χ2n) is 4.77. The second-order valence-corrected chi connectivity index (χ2v) is 4.77. The number of rotatable bonds is 7. The van der Waals surface area contributed by atoms with E-state index in [1.54, 1.807) is 0 Å². The molecule has 0 N–H and O–H groups in total. The minimum Gasteiger partial charge on any atom is -0.378 e. The van der Waals surface area contributed by atoms with Crippen LogP contribution in [0.2, 0.25) is 0 Å². The van der Waals surface area contributed by atoms with E-state index in [0.717, 1.165) is 38.7 Å². The number of Topliss-reactive ketones (excluding diaryl/α,β-unsaturated/α-hetero) is 1. The highest BCUT2D eigenvalue weighted by Gasteiger charge is 2.31. The summed E-state index contributed by atoms with van der Waals surface area (Å²) in [5, 5.41) is 0. The van der Waals surface area contributed by atoms with Crippen molar-refractivity contribution in [3.8, 4) is 0 Å². The molecule has 1 rings (SSSR count). The summed E-state index contributed by atoms with van der Waals surface area (Å²) in [7, 11) is 0. The standard InChI is InChI=1S/C13H24O2/c1-4-6-10(3)13(14)9-11-7-12(8-11)15-5-2/h10-12H,4-9H2,1-3H3. The van der Waals surface area contributed by atoms with Gasteiger partial charge in [0, 0.05) is 18.9 Å². The Labute approximate surface area is 93.4 Å². The minimum atomic E-state index is 0.265. The summed E-state index contributed by atoms with van der Waals surface area (Å²) >= 11 is 0. The van der Waals surface area contributed by atoms with Crippen molar-refractivity contribution in [2.45, 2.75) is 59.0 Å². The molecule has 1 aliphatic carbocycles. The Hall–Kier alpha value is -0.370. The fraction of sp³-hybridized carbons (Fsp3) is 0.923. The van der Waals surface area contributed by atoms with E-state index in [-0.39, 0.29) is 5.92 Å². The SMILES string of the molecule is CCCC(C)C(=O)CC1CC(OCC)C1. The summed E-state index contributed by atoms with van der Waals surface area (Å²) in [5.41, 5.74) is 0. The van der Waals surface area contributed by atoms with Crippen molar-refractivity contribution in [3.05, 3.63) is 0 Å². The van der Waals surface area contributed by atoms with Crippen LogP contribution in [0.3, 0.4) is 0 Å². The van der Waals surface area contributed by atoms with Crippen molar-refractivity contribution in [2.75, 3.05) is 6.61 Å². The molecule has 1 fully saturated rings. The number of ether oxygens (including phenoxy) is 1. The van der Waals surface area contributed by atoms with Crippen LogP contribution in [-0.2, 0) is 9.53 Å². The molecule has 0 aromatic heterocycles. The van der Waals surface area contributed by atoms with Crippen LogP contribution in [0.15, 0.2) is 0 Å². The smallest absolute Gasteiger partial charge is 0.135 e. The first-order chi connectivity index (χ1) is 7.17. The molecule has 0 aromatic carbocycles. The molecule has 0 aliphatic heterocycles. The van der Waals surface area contributed by atoms with Crippen LogP contribution in [0.1, 0.15) is 52.9 Å². The highest BCUT2D eigenvalue weighted by molar-refractivity contribution is 5.80.